The van der Waals surface area contributed by atoms with E-state index in [9.17, 15) is 13.6 Å². The van der Waals surface area contributed by atoms with Crippen molar-refractivity contribution < 1.29 is 13.6 Å². The van der Waals surface area contributed by atoms with Gasteiger partial charge in [-0.25, -0.2) is 8.78 Å². The highest BCUT2D eigenvalue weighted by atomic mass is 19.1. The Labute approximate surface area is 123 Å². The average molecular weight is 294 g/mol. The predicted molar refractivity (Wildman–Crippen MR) is 75.5 cm³/mol. The molecule has 1 saturated carbocycles. The molecule has 2 aliphatic rings. The molecule has 0 atom stereocenters. The SMILES string of the molecule is O=C(NC1CC1)C1CCN(Cc2cc(F)cc(F)c2)CC1. The third kappa shape index (κ3) is 4.00. The first-order valence-corrected chi connectivity index (χ1v) is 7.58. The Hall–Kier alpha value is -1.49. The van der Waals surface area contributed by atoms with Gasteiger partial charge in [-0.2, -0.15) is 0 Å². The Bertz CT molecular complexity index is 503. The van der Waals surface area contributed by atoms with E-state index >= 15 is 0 Å². The molecule has 0 radical (unpaired) electrons. The van der Waals surface area contributed by atoms with Gasteiger partial charge in [0.1, 0.15) is 11.6 Å². The van der Waals surface area contributed by atoms with Gasteiger partial charge in [0, 0.05) is 24.6 Å². The van der Waals surface area contributed by atoms with Gasteiger partial charge in [0.25, 0.3) is 0 Å². The van der Waals surface area contributed by atoms with Gasteiger partial charge in [-0.3, -0.25) is 9.69 Å². The minimum Gasteiger partial charge on any atom is -0.353 e. The lowest BCUT2D eigenvalue weighted by molar-refractivity contribution is -0.126. The van der Waals surface area contributed by atoms with E-state index in [0.29, 0.717) is 18.2 Å². The van der Waals surface area contributed by atoms with Crippen molar-refractivity contribution >= 4 is 5.91 Å². The number of carbonyl (C=O) groups is 1. The molecule has 2 fully saturated rings. The van der Waals surface area contributed by atoms with E-state index < -0.39 is 11.6 Å². The Kier molecular flexibility index (Phi) is 4.19. The van der Waals surface area contributed by atoms with Crippen molar-refractivity contribution in [2.24, 2.45) is 5.92 Å². The zero-order valence-corrected chi connectivity index (χ0v) is 11.9. The second-order valence-electron chi connectivity index (χ2n) is 6.11. The molecule has 1 aliphatic heterocycles. The van der Waals surface area contributed by atoms with Gasteiger partial charge in [-0.05, 0) is 56.5 Å². The number of rotatable bonds is 4. The summed E-state index contributed by atoms with van der Waals surface area (Å²) in [4.78, 5) is 14.1. The number of carbonyl (C=O) groups excluding carboxylic acids is 1. The summed E-state index contributed by atoms with van der Waals surface area (Å²) in [6.07, 6.45) is 3.85. The normalized spacial score (nSPS) is 20.5. The van der Waals surface area contributed by atoms with Crippen LogP contribution in [-0.2, 0) is 11.3 Å². The number of amides is 1. The van der Waals surface area contributed by atoms with E-state index in [0.717, 1.165) is 44.8 Å². The number of hydrogen-bond acceptors (Lipinski definition) is 2. The summed E-state index contributed by atoms with van der Waals surface area (Å²) in [6.45, 7) is 2.12. The highest BCUT2D eigenvalue weighted by Gasteiger charge is 2.29. The summed E-state index contributed by atoms with van der Waals surface area (Å²) in [5.74, 6) is -0.813. The van der Waals surface area contributed by atoms with Crippen LogP contribution in [0.2, 0.25) is 0 Å². The van der Waals surface area contributed by atoms with Gasteiger partial charge >= 0.3 is 0 Å². The molecule has 1 amide bonds. The Morgan fingerprint density at radius 2 is 1.71 bits per heavy atom. The van der Waals surface area contributed by atoms with Crippen LogP contribution >= 0.6 is 0 Å². The van der Waals surface area contributed by atoms with Gasteiger partial charge < -0.3 is 5.32 Å². The van der Waals surface area contributed by atoms with Crippen LogP contribution in [0.15, 0.2) is 18.2 Å². The van der Waals surface area contributed by atoms with Crippen molar-refractivity contribution in [1.82, 2.24) is 10.2 Å². The van der Waals surface area contributed by atoms with E-state index in [1.807, 2.05) is 0 Å². The minimum absolute atomic E-state index is 0.0890. The molecule has 1 N–H and O–H groups in total. The quantitative estimate of drug-likeness (QED) is 0.925. The zero-order chi connectivity index (χ0) is 14.8. The summed E-state index contributed by atoms with van der Waals surface area (Å²) in [7, 11) is 0. The van der Waals surface area contributed by atoms with E-state index in [-0.39, 0.29) is 11.8 Å². The van der Waals surface area contributed by atoms with Crippen LogP contribution in [0, 0.1) is 17.6 Å². The van der Waals surface area contributed by atoms with Crippen molar-refractivity contribution in [3.63, 3.8) is 0 Å². The fourth-order valence-electron chi connectivity index (χ4n) is 2.86. The van der Waals surface area contributed by atoms with Crippen molar-refractivity contribution in [3.8, 4) is 0 Å². The number of benzene rings is 1. The fraction of sp³-hybridized carbons (Fsp3) is 0.562. The maximum atomic E-state index is 13.2. The van der Waals surface area contributed by atoms with Gasteiger partial charge in [0.15, 0.2) is 0 Å². The second-order valence-corrected chi connectivity index (χ2v) is 6.11. The molecule has 0 spiro atoms. The molecule has 1 aromatic rings. The second kappa shape index (κ2) is 6.10. The Morgan fingerprint density at radius 1 is 1.10 bits per heavy atom. The van der Waals surface area contributed by atoms with Crippen LogP contribution in [0.3, 0.4) is 0 Å². The van der Waals surface area contributed by atoms with Crippen LogP contribution < -0.4 is 5.32 Å². The van der Waals surface area contributed by atoms with E-state index in [4.69, 9.17) is 0 Å². The van der Waals surface area contributed by atoms with Crippen LogP contribution in [-0.4, -0.2) is 29.9 Å². The largest absolute Gasteiger partial charge is 0.353 e. The third-order valence-electron chi connectivity index (χ3n) is 4.21. The lowest BCUT2D eigenvalue weighted by atomic mass is 9.95. The highest BCUT2D eigenvalue weighted by molar-refractivity contribution is 5.79. The minimum atomic E-state index is -0.538. The van der Waals surface area contributed by atoms with Crippen molar-refractivity contribution in [3.05, 3.63) is 35.4 Å². The average Bonchev–Trinajstić information content (AvgIpc) is 3.22. The van der Waals surface area contributed by atoms with E-state index in [1.54, 1.807) is 0 Å². The molecule has 1 saturated heterocycles. The fourth-order valence-corrected chi connectivity index (χ4v) is 2.86. The molecular weight excluding hydrogens is 274 g/mol. The van der Waals surface area contributed by atoms with Gasteiger partial charge in [0.2, 0.25) is 5.91 Å². The third-order valence-corrected chi connectivity index (χ3v) is 4.21. The lowest BCUT2D eigenvalue weighted by Gasteiger charge is -2.31. The summed E-state index contributed by atoms with van der Waals surface area (Å²) in [6, 6.07) is 4.04. The number of piperidine rings is 1. The molecule has 1 aliphatic carbocycles. The highest BCUT2D eigenvalue weighted by Crippen LogP contribution is 2.23. The summed E-state index contributed by atoms with van der Waals surface area (Å²) < 4.78 is 26.3. The maximum absolute atomic E-state index is 13.2. The van der Waals surface area contributed by atoms with Crippen LogP contribution in [0.5, 0.6) is 0 Å². The zero-order valence-electron chi connectivity index (χ0n) is 11.9. The lowest BCUT2D eigenvalue weighted by Crippen LogP contribution is -2.40. The molecule has 3 nitrogen and oxygen atoms in total. The summed E-state index contributed by atoms with van der Waals surface area (Å²) in [5, 5.41) is 3.05. The molecular formula is C16H20F2N2O. The van der Waals surface area contributed by atoms with Crippen LogP contribution in [0.25, 0.3) is 0 Å². The van der Waals surface area contributed by atoms with Crippen molar-refractivity contribution in [2.45, 2.75) is 38.3 Å². The topological polar surface area (TPSA) is 32.3 Å². The Balaban J connectivity index is 1.49. The first kappa shape index (κ1) is 14.4. The molecule has 5 heteroatoms. The molecule has 1 aromatic carbocycles. The van der Waals surface area contributed by atoms with Gasteiger partial charge in [-0.15, -0.1) is 0 Å². The van der Waals surface area contributed by atoms with Crippen LogP contribution in [0.4, 0.5) is 8.78 Å². The number of likely N-dealkylation sites (tertiary alicyclic amines) is 1. The number of halogens is 2. The number of hydrogen-bond donors (Lipinski definition) is 1. The monoisotopic (exact) mass is 294 g/mol. The van der Waals surface area contributed by atoms with E-state index in [1.165, 1.54) is 12.1 Å². The standard InChI is InChI=1S/C16H20F2N2O/c17-13-7-11(8-14(18)9-13)10-20-5-3-12(4-6-20)16(21)19-15-1-2-15/h7-9,12,15H,1-6,10H2,(H,19,21). The predicted octanol–water partition coefficient (Wildman–Crippen LogP) is 2.46. The number of nitrogens with zero attached hydrogens (tertiary/aromatic N) is 1. The maximum Gasteiger partial charge on any atom is 0.223 e. The van der Waals surface area contributed by atoms with E-state index in [2.05, 4.69) is 10.2 Å². The first-order valence-electron chi connectivity index (χ1n) is 7.58. The smallest absolute Gasteiger partial charge is 0.223 e. The molecule has 21 heavy (non-hydrogen) atoms. The summed E-state index contributed by atoms with van der Waals surface area (Å²) in [5.41, 5.74) is 0.647. The molecule has 0 bridgehead atoms. The Morgan fingerprint density at radius 3 is 2.29 bits per heavy atom. The number of nitrogens with one attached hydrogen (secondary N) is 1. The molecule has 0 unspecified atom stereocenters. The van der Waals surface area contributed by atoms with Crippen molar-refractivity contribution in [2.75, 3.05) is 13.1 Å². The molecule has 0 aromatic heterocycles. The molecule has 114 valence electrons. The molecule has 1 heterocycles. The van der Waals surface area contributed by atoms with Crippen LogP contribution in [0.1, 0.15) is 31.2 Å². The van der Waals surface area contributed by atoms with Crippen molar-refractivity contribution in [1.29, 1.82) is 0 Å². The van der Waals surface area contributed by atoms with Gasteiger partial charge in [0.05, 0.1) is 0 Å². The summed E-state index contributed by atoms with van der Waals surface area (Å²) >= 11 is 0. The first-order chi connectivity index (χ1) is 10.1. The van der Waals surface area contributed by atoms with Gasteiger partial charge in [-0.1, -0.05) is 0 Å². The molecule has 3 rings (SSSR count).